The second-order valence-electron chi connectivity index (χ2n) is 5.94. The molecule has 1 unspecified atom stereocenters. The van der Waals surface area contributed by atoms with Gasteiger partial charge in [0.25, 0.3) is 0 Å². The number of rotatable bonds is 14. The van der Waals surface area contributed by atoms with Gasteiger partial charge in [0, 0.05) is 13.1 Å². The molecule has 3 heteroatoms. The van der Waals surface area contributed by atoms with Crippen LogP contribution in [0.2, 0.25) is 10.6 Å². The molecule has 1 atom stereocenters. The summed E-state index contributed by atoms with van der Waals surface area (Å²) in [5.41, 5.74) is 0. The van der Waals surface area contributed by atoms with E-state index in [-0.39, 0.29) is 0 Å². The van der Waals surface area contributed by atoms with Gasteiger partial charge in [-0.05, 0) is 19.3 Å². The van der Waals surface area contributed by atoms with Crippen molar-refractivity contribution in [1.82, 2.24) is 4.90 Å². The first-order chi connectivity index (χ1) is 9.73. The molecule has 0 saturated carbocycles. The molecule has 0 aliphatic rings. The molecule has 0 N–H and O–H groups in total. The molecule has 0 saturated heterocycles. The van der Waals surface area contributed by atoms with Crippen molar-refractivity contribution in [2.24, 2.45) is 0 Å². The standard InChI is InChI=1S/C11H24NO.2C3H7.Al/c1-4-7-9-12(10-8-5-2)11(13)6-3;2*1-3-2;/h11H,4-10H2,1-3H3;2*1,3H2,2H3;/q-1;;;+1. The third-order valence-corrected chi connectivity index (χ3v) is 7.07. The summed E-state index contributed by atoms with van der Waals surface area (Å²) >= 11 is -0.975. The van der Waals surface area contributed by atoms with E-state index in [1.807, 2.05) is 0 Å². The van der Waals surface area contributed by atoms with E-state index >= 15 is 0 Å². The van der Waals surface area contributed by atoms with E-state index in [0.717, 1.165) is 6.42 Å². The first-order valence-electron chi connectivity index (χ1n) is 9.12. The van der Waals surface area contributed by atoms with Crippen LogP contribution >= 0.6 is 0 Å². The minimum Gasteiger partial charge on any atom is -0.487 e. The van der Waals surface area contributed by atoms with Gasteiger partial charge in [0.05, 0.1) is 6.23 Å². The normalized spacial score (nSPS) is 12.9. The monoisotopic (exact) mass is 299 g/mol. The Morgan fingerprint density at radius 1 is 0.800 bits per heavy atom. The molecule has 2 nitrogen and oxygen atoms in total. The van der Waals surface area contributed by atoms with Crippen molar-refractivity contribution in [3.05, 3.63) is 0 Å². The summed E-state index contributed by atoms with van der Waals surface area (Å²) in [6.45, 7) is 13.9. The molecule has 0 fully saturated rings. The van der Waals surface area contributed by atoms with Crippen molar-refractivity contribution >= 4 is 14.5 Å². The summed E-state index contributed by atoms with van der Waals surface area (Å²) in [6.07, 6.45) is 9.28. The second-order valence-corrected chi connectivity index (χ2v) is 8.61. The number of hydrogen-bond donors (Lipinski definition) is 0. The van der Waals surface area contributed by atoms with E-state index in [1.54, 1.807) is 0 Å². The Bertz CT molecular complexity index is 187. The van der Waals surface area contributed by atoms with Crippen LogP contribution in [0.15, 0.2) is 0 Å². The van der Waals surface area contributed by atoms with Gasteiger partial charge in [-0.3, -0.25) is 4.90 Å². The summed E-state index contributed by atoms with van der Waals surface area (Å²) in [5, 5.41) is 2.69. The molecule has 0 rings (SSSR count). The molecule has 0 aromatic heterocycles. The summed E-state index contributed by atoms with van der Waals surface area (Å²) in [7, 11) is 0. The number of nitrogens with zero attached hydrogens (tertiary/aromatic N) is 1. The van der Waals surface area contributed by atoms with Gasteiger partial charge >= 0.3 is 14.5 Å². The molecular weight excluding hydrogens is 261 g/mol. The van der Waals surface area contributed by atoms with E-state index in [4.69, 9.17) is 3.79 Å². The zero-order chi connectivity index (χ0) is 15.2. The predicted octanol–water partition coefficient (Wildman–Crippen LogP) is 5.45. The van der Waals surface area contributed by atoms with E-state index in [9.17, 15) is 0 Å². The maximum absolute atomic E-state index is 6.60. The van der Waals surface area contributed by atoms with Crippen LogP contribution < -0.4 is 0 Å². The van der Waals surface area contributed by atoms with Crippen LogP contribution in [-0.4, -0.2) is 38.7 Å². The van der Waals surface area contributed by atoms with Crippen molar-refractivity contribution in [1.29, 1.82) is 0 Å². The van der Waals surface area contributed by atoms with Crippen molar-refractivity contribution in [3.8, 4) is 0 Å². The van der Waals surface area contributed by atoms with Gasteiger partial charge in [-0.2, -0.15) is 0 Å². The van der Waals surface area contributed by atoms with Crippen LogP contribution in [0.1, 0.15) is 79.6 Å². The Kier molecular flexibility index (Phi) is 14.7. The Labute approximate surface area is 133 Å². The molecule has 0 spiro atoms. The molecule has 0 aliphatic heterocycles. The van der Waals surface area contributed by atoms with Crippen molar-refractivity contribution in [2.45, 2.75) is 96.4 Å². The molecule has 0 aromatic rings. The Hall–Kier alpha value is 0.452. The molecule has 120 valence electrons. The average molecular weight is 299 g/mol. The third kappa shape index (κ3) is 9.40. The molecule has 0 heterocycles. The zero-order valence-electron chi connectivity index (χ0n) is 14.8. The third-order valence-electron chi connectivity index (χ3n) is 3.93. The quantitative estimate of drug-likeness (QED) is 0.312. The lowest BCUT2D eigenvalue weighted by molar-refractivity contribution is 0.0170. The second kappa shape index (κ2) is 14.4. The Morgan fingerprint density at radius 2 is 1.30 bits per heavy atom. The zero-order valence-corrected chi connectivity index (χ0v) is 15.9. The number of unbranched alkanes of at least 4 members (excludes halogenated alkanes) is 2. The van der Waals surface area contributed by atoms with Crippen LogP contribution in [-0.2, 0) is 3.79 Å². The fourth-order valence-corrected chi connectivity index (χ4v) is 5.37. The fourth-order valence-electron chi connectivity index (χ4n) is 2.71. The van der Waals surface area contributed by atoms with Gasteiger partial charge in [-0.25, -0.2) is 0 Å². The molecule has 0 aromatic carbocycles. The Balaban J connectivity index is 4.49. The van der Waals surface area contributed by atoms with E-state index in [1.165, 1.54) is 62.2 Å². The van der Waals surface area contributed by atoms with Crippen LogP contribution in [0, 0.1) is 0 Å². The largest absolute Gasteiger partial charge is 0.487 e. The molecule has 0 radical (unpaired) electrons. The first-order valence-corrected chi connectivity index (χ1v) is 11.2. The number of hydrogen-bond acceptors (Lipinski definition) is 2. The minimum atomic E-state index is -0.975. The molecule has 0 amide bonds. The van der Waals surface area contributed by atoms with E-state index in [0.29, 0.717) is 6.23 Å². The lowest BCUT2D eigenvalue weighted by Gasteiger charge is -2.34. The Morgan fingerprint density at radius 3 is 1.65 bits per heavy atom. The SMILES string of the molecule is CCCCN(CCCC)C(CC)[O][Al]([CH2]CC)[CH2]CC. The highest BCUT2D eigenvalue weighted by molar-refractivity contribution is 6.51. The molecule has 0 aliphatic carbocycles. The summed E-state index contributed by atoms with van der Waals surface area (Å²) in [6, 6.07) is 0. The van der Waals surface area contributed by atoms with Crippen LogP contribution in [0.3, 0.4) is 0 Å². The van der Waals surface area contributed by atoms with Gasteiger partial charge in [-0.1, -0.05) is 70.9 Å². The smallest absolute Gasteiger partial charge is 0.461 e. The first kappa shape index (κ1) is 20.5. The van der Waals surface area contributed by atoms with Gasteiger partial charge < -0.3 is 3.79 Å². The highest BCUT2D eigenvalue weighted by Crippen LogP contribution is 2.16. The van der Waals surface area contributed by atoms with Gasteiger partial charge in [0.2, 0.25) is 0 Å². The molecular formula is C17H38AlNO. The van der Waals surface area contributed by atoms with Crippen molar-refractivity contribution < 1.29 is 3.79 Å². The minimum absolute atomic E-state index is 0.392. The highest BCUT2D eigenvalue weighted by Gasteiger charge is 2.25. The lowest BCUT2D eigenvalue weighted by atomic mass is 10.2. The lowest BCUT2D eigenvalue weighted by Crippen LogP contribution is -2.41. The summed E-state index contributed by atoms with van der Waals surface area (Å²) in [5.74, 6) is 0. The maximum atomic E-state index is 6.60. The van der Waals surface area contributed by atoms with Gasteiger partial charge in [-0.15, -0.1) is 0 Å². The van der Waals surface area contributed by atoms with Gasteiger partial charge in [0.1, 0.15) is 0 Å². The molecule has 20 heavy (non-hydrogen) atoms. The molecule has 0 bridgehead atoms. The van der Waals surface area contributed by atoms with Crippen LogP contribution in [0.25, 0.3) is 0 Å². The summed E-state index contributed by atoms with van der Waals surface area (Å²) in [4.78, 5) is 2.62. The van der Waals surface area contributed by atoms with Crippen LogP contribution in [0.5, 0.6) is 0 Å². The average Bonchev–Trinajstić information content (AvgIpc) is 2.46. The predicted molar refractivity (Wildman–Crippen MR) is 92.5 cm³/mol. The van der Waals surface area contributed by atoms with Crippen molar-refractivity contribution in [2.75, 3.05) is 13.1 Å². The fraction of sp³-hybridized carbons (Fsp3) is 1.00. The topological polar surface area (TPSA) is 12.5 Å². The van der Waals surface area contributed by atoms with Crippen LogP contribution in [0.4, 0.5) is 0 Å². The summed E-state index contributed by atoms with van der Waals surface area (Å²) < 4.78 is 6.60. The highest BCUT2D eigenvalue weighted by atomic mass is 27.2. The maximum Gasteiger partial charge on any atom is 0.461 e. The van der Waals surface area contributed by atoms with Gasteiger partial charge in [0.15, 0.2) is 0 Å². The van der Waals surface area contributed by atoms with E-state index < -0.39 is 14.5 Å². The van der Waals surface area contributed by atoms with Crippen molar-refractivity contribution in [3.63, 3.8) is 0 Å². The van der Waals surface area contributed by atoms with E-state index in [2.05, 4.69) is 39.5 Å².